The first kappa shape index (κ1) is 17.5. The van der Waals surface area contributed by atoms with Gasteiger partial charge in [0.1, 0.15) is 5.75 Å². The van der Waals surface area contributed by atoms with Crippen LogP contribution in [0, 0.1) is 0 Å². The van der Waals surface area contributed by atoms with Gasteiger partial charge < -0.3 is 10.1 Å². The number of hydrogen-bond donors (Lipinski definition) is 1. The maximum absolute atomic E-state index is 5.63. The summed E-state index contributed by atoms with van der Waals surface area (Å²) in [5.74, 6) is 0.980. The highest BCUT2D eigenvalue weighted by atomic mass is 16.5. The number of rotatable bonds is 5. The Morgan fingerprint density at radius 2 is 1.88 bits per heavy atom. The topological polar surface area (TPSA) is 40.6 Å². The van der Waals surface area contributed by atoms with Gasteiger partial charge in [0.25, 0.3) is 0 Å². The van der Waals surface area contributed by atoms with Gasteiger partial charge in [-0.25, -0.2) is 0 Å². The molecule has 2 aliphatic heterocycles. The third-order valence-electron chi connectivity index (χ3n) is 5.60. The van der Waals surface area contributed by atoms with Gasteiger partial charge in [0.05, 0.1) is 7.11 Å². The zero-order valence-electron chi connectivity index (χ0n) is 15.5. The van der Waals surface area contributed by atoms with Gasteiger partial charge in [-0.3, -0.25) is 14.8 Å². The van der Waals surface area contributed by atoms with Crippen LogP contribution in [0.2, 0.25) is 0 Å². The molecule has 5 nitrogen and oxygen atoms in total. The molecule has 1 N–H and O–H groups in total. The summed E-state index contributed by atoms with van der Waals surface area (Å²) in [6.45, 7) is 7.87. The quantitative estimate of drug-likeness (QED) is 0.894. The summed E-state index contributed by atoms with van der Waals surface area (Å²) in [4.78, 5) is 9.35. The summed E-state index contributed by atoms with van der Waals surface area (Å²) in [6, 6.07) is 11.3. The van der Waals surface area contributed by atoms with Gasteiger partial charge in [-0.05, 0) is 41.8 Å². The third-order valence-corrected chi connectivity index (χ3v) is 5.60. The van der Waals surface area contributed by atoms with E-state index >= 15 is 0 Å². The molecule has 2 aromatic rings. The van der Waals surface area contributed by atoms with Gasteiger partial charge in [-0.1, -0.05) is 6.07 Å². The van der Waals surface area contributed by atoms with E-state index in [1.807, 2.05) is 12.4 Å². The van der Waals surface area contributed by atoms with Crippen molar-refractivity contribution in [2.24, 2.45) is 0 Å². The van der Waals surface area contributed by atoms with Crippen molar-refractivity contribution in [2.75, 3.05) is 46.4 Å². The first-order chi connectivity index (χ1) is 12.8. The molecule has 0 saturated carbocycles. The number of benzene rings is 1. The fourth-order valence-corrected chi connectivity index (χ4v) is 4.17. The first-order valence-corrected chi connectivity index (χ1v) is 9.58. The Kier molecular flexibility index (Phi) is 5.48. The minimum Gasteiger partial charge on any atom is -0.496 e. The molecule has 26 heavy (non-hydrogen) atoms. The van der Waals surface area contributed by atoms with Crippen LogP contribution in [0.25, 0.3) is 11.1 Å². The van der Waals surface area contributed by atoms with E-state index in [9.17, 15) is 0 Å². The van der Waals surface area contributed by atoms with E-state index < -0.39 is 0 Å². The minimum absolute atomic E-state index is 0.700. The van der Waals surface area contributed by atoms with E-state index in [-0.39, 0.29) is 0 Å². The van der Waals surface area contributed by atoms with Crippen LogP contribution >= 0.6 is 0 Å². The van der Waals surface area contributed by atoms with Crippen molar-refractivity contribution < 1.29 is 4.74 Å². The molecule has 1 aromatic heterocycles. The van der Waals surface area contributed by atoms with E-state index in [1.165, 1.54) is 36.2 Å². The van der Waals surface area contributed by atoms with Crippen molar-refractivity contribution in [3.63, 3.8) is 0 Å². The number of methoxy groups -OCH3 is 1. The molecule has 0 spiro atoms. The molecule has 1 atom stereocenters. The predicted octanol–water partition coefficient (Wildman–Crippen LogP) is 2.24. The van der Waals surface area contributed by atoms with Gasteiger partial charge in [0, 0.05) is 69.8 Å². The van der Waals surface area contributed by atoms with Gasteiger partial charge in [0.15, 0.2) is 0 Å². The number of piperazine rings is 1. The van der Waals surface area contributed by atoms with E-state index in [0.717, 1.165) is 38.5 Å². The fourth-order valence-electron chi connectivity index (χ4n) is 4.17. The van der Waals surface area contributed by atoms with Crippen LogP contribution in [-0.4, -0.2) is 67.2 Å². The van der Waals surface area contributed by atoms with E-state index in [0.29, 0.717) is 6.04 Å². The molecule has 4 rings (SSSR count). The number of pyridine rings is 1. The molecule has 5 heteroatoms. The van der Waals surface area contributed by atoms with Crippen molar-refractivity contribution in [3.8, 4) is 16.9 Å². The Morgan fingerprint density at radius 1 is 1.08 bits per heavy atom. The van der Waals surface area contributed by atoms with Crippen LogP contribution in [0.1, 0.15) is 12.0 Å². The highest BCUT2D eigenvalue weighted by Gasteiger charge is 2.28. The standard InChI is InChI=1S/C21H28N4O/c1-26-21-3-2-18(17-4-7-22-8-5-17)14-19(21)15-24-11-6-20(16-24)25-12-9-23-10-13-25/h2-5,7-8,14,20,23H,6,9-13,15-16H2,1H3. The first-order valence-electron chi connectivity index (χ1n) is 9.58. The van der Waals surface area contributed by atoms with Crippen molar-refractivity contribution in [2.45, 2.75) is 19.0 Å². The normalized spacial score (nSPS) is 21.8. The lowest BCUT2D eigenvalue weighted by Gasteiger charge is -2.32. The summed E-state index contributed by atoms with van der Waals surface area (Å²) in [5.41, 5.74) is 3.69. The smallest absolute Gasteiger partial charge is 0.123 e. The maximum Gasteiger partial charge on any atom is 0.123 e. The summed E-state index contributed by atoms with van der Waals surface area (Å²) in [7, 11) is 1.76. The molecule has 3 heterocycles. The largest absolute Gasteiger partial charge is 0.496 e. The van der Waals surface area contributed by atoms with Crippen LogP contribution in [0.5, 0.6) is 5.75 Å². The molecule has 0 amide bonds. The van der Waals surface area contributed by atoms with Crippen LogP contribution in [0.4, 0.5) is 0 Å². The Bertz CT molecular complexity index is 715. The Balaban J connectivity index is 1.47. The van der Waals surface area contributed by atoms with Crippen molar-refractivity contribution in [1.29, 1.82) is 0 Å². The molecule has 2 saturated heterocycles. The number of ether oxygens (including phenoxy) is 1. The average molecular weight is 352 g/mol. The van der Waals surface area contributed by atoms with Gasteiger partial charge in [-0.2, -0.15) is 0 Å². The molecule has 2 aliphatic rings. The molecule has 0 bridgehead atoms. The SMILES string of the molecule is COc1ccc(-c2ccncc2)cc1CN1CCC(N2CCNCC2)C1. The van der Waals surface area contributed by atoms with Crippen molar-refractivity contribution in [1.82, 2.24) is 20.1 Å². The summed E-state index contributed by atoms with van der Waals surface area (Å²) < 4.78 is 5.63. The molecule has 0 radical (unpaired) electrons. The zero-order valence-corrected chi connectivity index (χ0v) is 15.5. The molecular formula is C21H28N4O. The highest BCUT2D eigenvalue weighted by molar-refractivity contribution is 5.65. The molecule has 0 aliphatic carbocycles. The third kappa shape index (κ3) is 3.90. The number of nitrogens with one attached hydrogen (secondary N) is 1. The zero-order chi connectivity index (χ0) is 17.8. The average Bonchev–Trinajstić information content (AvgIpc) is 3.18. The van der Waals surface area contributed by atoms with E-state index in [1.54, 1.807) is 7.11 Å². The second kappa shape index (κ2) is 8.16. The Labute approximate surface area is 156 Å². The van der Waals surface area contributed by atoms with Crippen LogP contribution < -0.4 is 10.1 Å². The number of hydrogen-bond acceptors (Lipinski definition) is 5. The second-order valence-electron chi connectivity index (χ2n) is 7.23. The van der Waals surface area contributed by atoms with E-state index in [4.69, 9.17) is 4.74 Å². The van der Waals surface area contributed by atoms with Crippen LogP contribution in [0.15, 0.2) is 42.7 Å². The minimum atomic E-state index is 0.700. The lowest BCUT2D eigenvalue weighted by molar-refractivity contribution is 0.170. The fraction of sp³-hybridized carbons (Fsp3) is 0.476. The number of nitrogens with zero attached hydrogens (tertiary/aromatic N) is 3. The van der Waals surface area contributed by atoms with Gasteiger partial charge >= 0.3 is 0 Å². The molecule has 1 aromatic carbocycles. The summed E-state index contributed by atoms with van der Waals surface area (Å²) in [6.07, 6.45) is 4.96. The number of likely N-dealkylation sites (tertiary alicyclic amines) is 1. The van der Waals surface area contributed by atoms with Crippen LogP contribution in [0.3, 0.4) is 0 Å². The maximum atomic E-state index is 5.63. The van der Waals surface area contributed by atoms with Crippen molar-refractivity contribution in [3.05, 3.63) is 48.3 Å². The molecule has 1 unspecified atom stereocenters. The van der Waals surface area contributed by atoms with Gasteiger partial charge in [-0.15, -0.1) is 0 Å². The Hall–Kier alpha value is -1.95. The van der Waals surface area contributed by atoms with E-state index in [2.05, 4.69) is 50.4 Å². The highest BCUT2D eigenvalue weighted by Crippen LogP contribution is 2.29. The van der Waals surface area contributed by atoms with Crippen molar-refractivity contribution >= 4 is 0 Å². The lowest BCUT2D eigenvalue weighted by atomic mass is 10.0. The summed E-state index contributed by atoms with van der Waals surface area (Å²) in [5, 5.41) is 3.45. The number of aromatic nitrogens is 1. The van der Waals surface area contributed by atoms with Crippen LogP contribution in [-0.2, 0) is 6.54 Å². The second-order valence-corrected chi connectivity index (χ2v) is 7.23. The molecular weight excluding hydrogens is 324 g/mol. The Morgan fingerprint density at radius 3 is 2.65 bits per heavy atom. The lowest BCUT2D eigenvalue weighted by Crippen LogP contribution is -2.49. The molecule has 138 valence electrons. The molecule has 2 fully saturated rings. The van der Waals surface area contributed by atoms with Gasteiger partial charge in [0.2, 0.25) is 0 Å². The summed E-state index contributed by atoms with van der Waals surface area (Å²) >= 11 is 0. The predicted molar refractivity (Wildman–Crippen MR) is 104 cm³/mol. The monoisotopic (exact) mass is 352 g/mol.